The molecule has 0 radical (unpaired) electrons. The number of alkyl halides is 3. The van der Waals surface area contributed by atoms with Gasteiger partial charge in [-0.3, -0.25) is 9.48 Å². The van der Waals surface area contributed by atoms with Gasteiger partial charge in [0.1, 0.15) is 12.4 Å². The van der Waals surface area contributed by atoms with E-state index in [1.807, 2.05) is 0 Å². The monoisotopic (exact) mass is 447 g/mol. The van der Waals surface area contributed by atoms with Crippen LogP contribution >= 0.6 is 0 Å². The summed E-state index contributed by atoms with van der Waals surface area (Å²) in [6, 6.07) is 5.90. The summed E-state index contributed by atoms with van der Waals surface area (Å²) < 4.78 is 56.6. The van der Waals surface area contributed by atoms with Crippen molar-refractivity contribution in [2.24, 2.45) is 0 Å². The Morgan fingerprint density at radius 2 is 1.72 bits per heavy atom. The molecule has 0 unspecified atom stereocenters. The van der Waals surface area contributed by atoms with E-state index in [2.05, 4.69) is 10.2 Å². The van der Waals surface area contributed by atoms with Crippen molar-refractivity contribution in [3.63, 3.8) is 0 Å². The maximum absolute atomic E-state index is 13.5. The second kappa shape index (κ2) is 7.75. The third-order valence-electron chi connectivity index (χ3n) is 6.12. The molecule has 0 saturated carbocycles. The number of anilines is 1. The lowest BCUT2D eigenvalue weighted by Crippen LogP contribution is -2.38. The first-order chi connectivity index (χ1) is 15.3. The van der Waals surface area contributed by atoms with Crippen molar-refractivity contribution < 1.29 is 22.4 Å². The third-order valence-corrected chi connectivity index (χ3v) is 6.12. The summed E-state index contributed by atoms with van der Waals surface area (Å²) in [5.41, 5.74) is 1.98. The second-order valence-electron chi connectivity index (χ2n) is 8.15. The minimum atomic E-state index is -4.54. The van der Waals surface area contributed by atoms with Crippen molar-refractivity contribution in [1.82, 2.24) is 19.6 Å². The number of nitrogens with zero attached hydrogens (tertiary/aromatic N) is 5. The largest absolute Gasteiger partial charge is 0.435 e. The molecular weight excluding hydrogens is 426 g/mol. The molecule has 0 saturated heterocycles. The van der Waals surface area contributed by atoms with Crippen LogP contribution in [-0.2, 0) is 36.8 Å². The highest BCUT2D eigenvalue weighted by Gasteiger charge is 2.40. The number of hydrogen-bond donors (Lipinski definition) is 0. The van der Waals surface area contributed by atoms with E-state index in [1.165, 1.54) is 16.8 Å². The molecule has 1 aromatic carbocycles. The molecule has 3 heterocycles. The number of benzene rings is 1. The molecule has 5 rings (SSSR count). The number of carbonyl (C=O) groups is 1. The van der Waals surface area contributed by atoms with Gasteiger partial charge in [0.2, 0.25) is 5.91 Å². The molecule has 0 atom stereocenters. The molecule has 168 valence electrons. The predicted octanol–water partition coefficient (Wildman–Crippen LogP) is 4.08. The van der Waals surface area contributed by atoms with Gasteiger partial charge in [-0.2, -0.15) is 23.4 Å². The Labute approximate surface area is 181 Å². The molecule has 0 bridgehead atoms. The number of halogens is 4. The molecule has 1 amide bonds. The molecule has 3 aromatic rings. The number of fused-ring (bicyclic) bond motifs is 2. The Morgan fingerprint density at radius 1 is 1.00 bits per heavy atom. The molecule has 2 aliphatic rings. The van der Waals surface area contributed by atoms with Crippen LogP contribution in [0.15, 0.2) is 30.5 Å². The van der Waals surface area contributed by atoms with Gasteiger partial charge in [-0.15, -0.1) is 0 Å². The van der Waals surface area contributed by atoms with Crippen molar-refractivity contribution in [2.75, 3.05) is 11.4 Å². The van der Waals surface area contributed by atoms with Crippen LogP contribution in [0, 0.1) is 5.82 Å². The molecule has 0 spiro atoms. The van der Waals surface area contributed by atoms with E-state index >= 15 is 0 Å². The summed E-state index contributed by atoms with van der Waals surface area (Å²) >= 11 is 0. The fraction of sp³-hybridized carbons (Fsp3) is 0.409. The maximum atomic E-state index is 13.5. The summed E-state index contributed by atoms with van der Waals surface area (Å²) in [5, 5.41) is 8.18. The average molecular weight is 447 g/mol. The van der Waals surface area contributed by atoms with E-state index in [0.717, 1.165) is 12.1 Å². The van der Waals surface area contributed by atoms with Gasteiger partial charge >= 0.3 is 6.18 Å². The lowest BCUT2D eigenvalue weighted by atomic mass is 9.95. The highest BCUT2D eigenvalue weighted by atomic mass is 19.4. The minimum Gasteiger partial charge on any atom is -0.308 e. The summed E-state index contributed by atoms with van der Waals surface area (Å²) in [5.74, 6) is -0.679. The third kappa shape index (κ3) is 3.57. The lowest BCUT2D eigenvalue weighted by Gasteiger charge is -2.27. The number of rotatable bonds is 3. The van der Waals surface area contributed by atoms with Gasteiger partial charge in [-0.25, -0.2) is 9.07 Å². The van der Waals surface area contributed by atoms with Gasteiger partial charge in [0.15, 0.2) is 5.69 Å². The fourth-order valence-electron chi connectivity index (χ4n) is 4.66. The Bertz CT molecular complexity index is 1160. The van der Waals surface area contributed by atoms with E-state index < -0.39 is 11.9 Å². The molecule has 1 aliphatic carbocycles. The first kappa shape index (κ1) is 20.7. The van der Waals surface area contributed by atoms with E-state index in [9.17, 15) is 22.4 Å². The number of hydrogen-bond acceptors (Lipinski definition) is 3. The van der Waals surface area contributed by atoms with Gasteiger partial charge in [0.05, 0.1) is 23.3 Å². The van der Waals surface area contributed by atoms with Gasteiger partial charge < -0.3 is 4.90 Å². The Balaban J connectivity index is 1.44. The van der Waals surface area contributed by atoms with Crippen molar-refractivity contribution in [3.8, 4) is 5.69 Å². The quantitative estimate of drug-likeness (QED) is 0.569. The van der Waals surface area contributed by atoms with Crippen LogP contribution in [0.5, 0.6) is 0 Å². The molecule has 0 N–H and O–H groups in total. The van der Waals surface area contributed by atoms with Crippen molar-refractivity contribution >= 4 is 11.6 Å². The van der Waals surface area contributed by atoms with Crippen LogP contribution in [0.25, 0.3) is 5.69 Å². The molecule has 2 aromatic heterocycles. The predicted molar refractivity (Wildman–Crippen MR) is 108 cm³/mol. The van der Waals surface area contributed by atoms with E-state index in [4.69, 9.17) is 0 Å². The standard InChI is InChI=1S/C22H21F4N5O/c23-14-7-9-15(10-8-14)31-18-6-3-11-29(19(18)12-27-31)20(32)13-30-17-5-2-1-4-16(17)21(28-30)22(24,25)26/h7-10,12H,1-6,11,13H2. The summed E-state index contributed by atoms with van der Waals surface area (Å²) in [7, 11) is 0. The Hall–Kier alpha value is -3.17. The molecule has 6 nitrogen and oxygen atoms in total. The lowest BCUT2D eigenvalue weighted by molar-refractivity contribution is -0.142. The van der Waals surface area contributed by atoms with Crippen molar-refractivity contribution in [2.45, 2.75) is 51.2 Å². The Kier molecular flexibility index (Phi) is 5.02. The maximum Gasteiger partial charge on any atom is 0.435 e. The summed E-state index contributed by atoms with van der Waals surface area (Å²) in [6.45, 7) is 0.204. The van der Waals surface area contributed by atoms with Gasteiger partial charge in [0, 0.05) is 17.8 Å². The zero-order valence-corrected chi connectivity index (χ0v) is 17.2. The minimum absolute atomic E-state index is 0.222. The van der Waals surface area contributed by atoms with Gasteiger partial charge in [-0.1, -0.05) is 0 Å². The molecule has 10 heteroatoms. The van der Waals surface area contributed by atoms with Crippen molar-refractivity contribution in [3.05, 3.63) is 58.9 Å². The van der Waals surface area contributed by atoms with Crippen LogP contribution in [0.3, 0.4) is 0 Å². The summed E-state index contributed by atoms with van der Waals surface area (Å²) in [4.78, 5) is 14.7. The molecular formula is C22H21F4N5O. The SMILES string of the molecule is O=C(Cn1nc(C(F)(F)F)c2c1CCCC2)N1CCCc2c1cnn2-c1ccc(F)cc1. The second-order valence-corrected chi connectivity index (χ2v) is 8.15. The van der Waals surface area contributed by atoms with E-state index in [-0.39, 0.29) is 23.8 Å². The normalized spacial score (nSPS) is 16.1. The first-order valence-corrected chi connectivity index (χ1v) is 10.6. The Morgan fingerprint density at radius 3 is 2.47 bits per heavy atom. The average Bonchev–Trinajstić information content (AvgIpc) is 3.36. The topological polar surface area (TPSA) is 56.0 Å². The van der Waals surface area contributed by atoms with Crippen LogP contribution in [-0.4, -0.2) is 32.0 Å². The molecule has 32 heavy (non-hydrogen) atoms. The summed E-state index contributed by atoms with van der Waals surface area (Å²) in [6.07, 6.45) is 0.703. The smallest absolute Gasteiger partial charge is 0.308 e. The van der Waals surface area contributed by atoms with E-state index in [0.29, 0.717) is 55.7 Å². The van der Waals surface area contributed by atoms with Gasteiger partial charge in [-0.05, 0) is 62.8 Å². The van der Waals surface area contributed by atoms with Crippen LogP contribution < -0.4 is 4.90 Å². The highest BCUT2D eigenvalue weighted by molar-refractivity contribution is 5.94. The van der Waals surface area contributed by atoms with E-state index in [1.54, 1.807) is 27.9 Å². The van der Waals surface area contributed by atoms with Crippen LogP contribution in [0.4, 0.5) is 23.2 Å². The zero-order valence-electron chi connectivity index (χ0n) is 17.2. The first-order valence-electron chi connectivity index (χ1n) is 10.6. The number of carbonyl (C=O) groups excluding carboxylic acids is 1. The molecule has 0 fully saturated rings. The number of amides is 1. The zero-order chi connectivity index (χ0) is 22.5. The molecule has 1 aliphatic heterocycles. The number of aromatic nitrogens is 4. The highest BCUT2D eigenvalue weighted by Crippen LogP contribution is 2.36. The van der Waals surface area contributed by atoms with Crippen molar-refractivity contribution in [1.29, 1.82) is 0 Å². The fourth-order valence-corrected chi connectivity index (χ4v) is 4.66. The van der Waals surface area contributed by atoms with Gasteiger partial charge in [0.25, 0.3) is 0 Å². The van der Waals surface area contributed by atoms with Crippen LogP contribution in [0.1, 0.15) is 41.9 Å². The van der Waals surface area contributed by atoms with Crippen LogP contribution in [0.2, 0.25) is 0 Å².